The number of hydrogen-bond acceptors (Lipinski definition) is 4. The maximum atomic E-state index is 10.5. The molecule has 5 heteroatoms. The van der Waals surface area contributed by atoms with Gasteiger partial charge in [-0.05, 0) is 138 Å². The number of hydrogen-bond donors (Lipinski definition) is 0. The molecule has 0 fully saturated rings. The lowest BCUT2D eigenvalue weighted by Crippen LogP contribution is -2.09. The molecule has 0 saturated carbocycles. The van der Waals surface area contributed by atoms with E-state index in [1.165, 1.54) is 0 Å². The van der Waals surface area contributed by atoms with Gasteiger partial charge in [-0.25, -0.2) is 4.98 Å². The Kier molecular flexibility index (Phi) is 11.2. The molecule has 0 atom stereocenters. The van der Waals surface area contributed by atoms with Crippen LogP contribution in [0.15, 0.2) is 273 Å². The monoisotopic (exact) mass is 907 g/mol. The van der Waals surface area contributed by atoms with Crippen molar-refractivity contribution >= 4 is 55.9 Å². The Bertz CT molecular complexity index is 3570. The Morgan fingerprint density at radius 2 is 0.718 bits per heavy atom. The van der Waals surface area contributed by atoms with Crippen LogP contribution in [0, 0.1) is 11.3 Å². The normalized spacial score (nSPS) is 11.1. The van der Waals surface area contributed by atoms with Crippen molar-refractivity contribution in [3.8, 4) is 56.5 Å². The Morgan fingerprint density at radius 3 is 1.13 bits per heavy atom. The number of para-hydroxylation sites is 4. The topological polar surface area (TPSA) is 48.1 Å². The van der Waals surface area contributed by atoms with E-state index in [0.29, 0.717) is 5.56 Å². The number of pyridine rings is 1. The van der Waals surface area contributed by atoms with Crippen molar-refractivity contribution < 1.29 is 0 Å². The van der Waals surface area contributed by atoms with Gasteiger partial charge in [-0.3, -0.25) is 0 Å². The molecule has 0 bridgehead atoms. The number of nitriles is 1. The molecule has 10 aromatic carbocycles. The quantitative estimate of drug-likeness (QED) is 0.130. The third kappa shape index (κ3) is 8.26. The predicted molar refractivity (Wildman–Crippen MR) is 294 cm³/mol. The maximum absolute atomic E-state index is 10.5. The van der Waals surface area contributed by atoms with Crippen LogP contribution in [0.3, 0.4) is 0 Å². The van der Waals surface area contributed by atoms with Crippen LogP contribution in [-0.2, 0) is 0 Å². The van der Waals surface area contributed by atoms with E-state index in [2.05, 4.69) is 245 Å². The molecule has 12 rings (SSSR count). The number of fused-ring (bicyclic) bond motifs is 3. The summed E-state index contributed by atoms with van der Waals surface area (Å²) in [6, 6.07) is 98.0. The lowest BCUT2D eigenvalue weighted by atomic mass is 9.93. The van der Waals surface area contributed by atoms with Crippen LogP contribution in [0.25, 0.3) is 72.3 Å². The second kappa shape index (κ2) is 18.7. The van der Waals surface area contributed by atoms with Crippen molar-refractivity contribution in [2.24, 2.45) is 0 Å². The second-order valence-electron chi connectivity index (χ2n) is 17.5. The highest BCUT2D eigenvalue weighted by Crippen LogP contribution is 2.43. The van der Waals surface area contributed by atoms with Gasteiger partial charge in [-0.2, -0.15) is 5.26 Å². The zero-order valence-corrected chi connectivity index (χ0v) is 38.7. The summed E-state index contributed by atoms with van der Waals surface area (Å²) in [6.45, 7) is 0. The molecule has 0 aliphatic carbocycles. The van der Waals surface area contributed by atoms with Gasteiger partial charge in [0, 0.05) is 67.3 Å². The van der Waals surface area contributed by atoms with Gasteiger partial charge in [0.25, 0.3) is 0 Å². The molecule has 5 nitrogen and oxygen atoms in total. The predicted octanol–water partition coefficient (Wildman–Crippen LogP) is 17.7. The minimum absolute atomic E-state index is 0.613. The largest absolute Gasteiger partial charge is 0.310 e. The first-order chi connectivity index (χ1) is 35.2. The van der Waals surface area contributed by atoms with Gasteiger partial charge in [0.2, 0.25) is 0 Å². The molecule has 334 valence electrons. The van der Waals surface area contributed by atoms with Crippen molar-refractivity contribution in [2.75, 3.05) is 9.80 Å². The minimum Gasteiger partial charge on any atom is -0.310 e. The smallest absolute Gasteiger partial charge is 0.0998 e. The van der Waals surface area contributed by atoms with Gasteiger partial charge < -0.3 is 14.4 Å². The summed E-state index contributed by atoms with van der Waals surface area (Å²) in [5, 5.41) is 12.8. The van der Waals surface area contributed by atoms with Crippen LogP contribution < -0.4 is 9.80 Å². The van der Waals surface area contributed by atoms with E-state index in [1.807, 2.05) is 48.5 Å². The van der Waals surface area contributed by atoms with Crippen LogP contribution in [0.5, 0.6) is 0 Å². The molecule has 0 spiro atoms. The molecule has 71 heavy (non-hydrogen) atoms. The zero-order valence-electron chi connectivity index (χ0n) is 38.7. The van der Waals surface area contributed by atoms with E-state index < -0.39 is 0 Å². The van der Waals surface area contributed by atoms with E-state index in [9.17, 15) is 5.26 Å². The van der Waals surface area contributed by atoms with Crippen LogP contribution in [0.4, 0.5) is 34.1 Å². The van der Waals surface area contributed by atoms with Crippen LogP contribution in [0.1, 0.15) is 5.56 Å². The molecule has 0 unspecified atom stereocenters. The zero-order chi connectivity index (χ0) is 47.5. The molecule has 0 aliphatic rings. The summed E-state index contributed by atoms with van der Waals surface area (Å²) in [5.74, 6) is 0. The average Bonchev–Trinajstić information content (AvgIpc) is 3.77. The SMILES string of the molecule is N#Cc1ccc(-c2cc(-c3ccccc3)nc(-c3ccccc3)c2)cc1-c1ccc(-n2c3ccc(N(c4ccccc4)c4ccccc4)cc3c3cc(N(c4ccccc4)c4ccccc4)ccc32)cc1. The maximum Gasteiger partial charge on any atom is 0.0998 e. The molecule has 2 aromatic heterocycles. The summed E-state index contributed by atoms with van der Waals surface area (Å²) < 4.78 is 2.36. The number of rotatable bonds is 11. The van der Waals surface area contributed by atoms with Crippen LogP contribution >= 0.6 is 0 Å². The molecular weight excluding hydrogens is 863 g/mol. The van der Waals surface area contributed by atoms with Gasteiger partial charge in [-0.15, -0.1) is 0 Å². The number of nitrogens with zero attached hydrogens (tertiary/aromatic N) is 5. The van der Waals surface area contributed by atoms with Crippen molar-refractivity contribution in [1.29, 1.82) is 5.26 Å². The molecule has 0 amide bonds. The third-order valence-electron chi connectivity index (χ3n) is 13.2. The minimum atomic E-state index is 0.613. The van der Waals surface area contributed by atoms with Crippen molar-refractivity contribution in [2.45, 2.75) is 0 Å². The van der Waals surface area contributed by atoms with Gasteiger partial charge in [-0.1, -0.05) is 152 Å². The fourth-order valence-electron chi connectivity index (χ4n) is 9.82. The van der Waals surface area contributed by atoms with E-state index >= 15 is 0 Å². The molecule has 0 saturated heterocycles. The molecule has 2 heterocycles. The summed E-state index contributed by atoms with van der Waals surface area (Å²) in [7, 11) is 0. The molecule has 12 aromatic rings. The summed E-state index contributed by atoms with van der Waals surface area (Å²) in [4.78, 5) is 9.75. The second-order valence-corrected chi connectivity index (χ2v) is 17.5. The van der Waals surface area contributed by atoms with E-state index in [4.69, 9.17) is 4.98 Å². The molecule has 0 radical (unpaired) electrons. The first-order valence-electron chi connectivity index (χ1n) is 23.8. The summed E-state index contributed by atoms with van der Waals surface area (Å²) in [5.41, 5.74) is 18.0. The van der Waals surface area contributed by atoms with Crippen molar-refractivity contribution in [3.05, 3.63) is 279 Å². The van der Waals surface area contributed by atoms with E-state index in [-0.39, 0.29) is 0 Å². The highest BCUT2D eigenvalue weighted by atomic mass is 15.1. The Hall–Kier alpha value is -9.76. The molecule has 0 aliphatic heterocycles. The van der Waals surface area contributed by atoms with Crippen molar-refractivity contribution in [3.63, 3.8) is 0 Å². The van der Waals surface area contributed by atoms with Gasteiger partial charge in [0.05, 0.1) is 34.1 Å². The fraction of sp³-hybridized carbons (Fsp3) is 0. The van der Waals surface area contributed by atoms with Crippen LogP contribution in [0.2, 0.25) is 0 Å². The molecule has 0 N–H and O–H groups in total. The van der Waals surface area contributed by atoms with Gasteiger partial charge >= 0.3 is 0 Å². The van der Waals surface area contributed by atoms with E-state index in [1.54, 1.807) is 0 Å². The van der Waals surface area contributed by atoms with Gasteiger partial charge in [0.15, 0.2) is 0 Å². The lowest BCUT2D eigenvalue weighted by molar-refractivity contribution is 1.18. The Morgan fingerprint density at radius 1 is 0.324 bits per heavy atom. The first kappa shape index (κ1) is 42.6. The van der Waals surface area contributed by atoms with Crippen molar-refractivity contribution in [1.82, 2.24) is 9.55 Å². The van der Waals surface area contributed by atoms with Crippen LogP contribution in [-0.4, -0.2) is 9.55 Å². The third-order valence-corrected chi connectivity index (χ3v) is 13.2. The van der Waals surface area contributed by atoms with Gasteiger partial charge in [0.1, 0.15) is 0 Å². The first-order valence-corrected chi connectivity index (χ1v) is 23.8. The standard InChI is InChI=1S/C66H45N5/c67-46-51-32-31-50(52-42-63(48-19-7-1-8-20-48)68-64(43-52)49-21-9-2-10-22-49)41-60(51)47-33-35-57(36-34-47)71-65-39-37-58(69(53-23-11-3-12-24-53)54-25-13-4-14-26-54)44-61(65)62-45-59(38-40-66(62)71)70(55-27-15-5-16-28-55)56-29-17-6-18-30-56/h1-45H. The number of aromatic nitrogens is 2. The highest BCUT2D eigenvalue weighted by molar-refractivity contribution is 6.12. The highest BCUT2D eigenvalue weighted by Gasteiger charge is 2.21. The number of benzene rings is 10. The van der Waals surface area contributed by atoms with E-state index in [0.717, 1.165) is 106 Å². The Balaban J connectivity index is 1.00. The summed E-state index contributed by atoms with van der Waals surface area (Å²) >= 11 is 0. The lowest BCUT2D eigenvalue weighted by Gasteiger charge is -2.26. The summed E-state index contributed by atoms with van der Waals surface area (Å²) in [6.07, 6.45) is 0. The Labute approximate surface area is 413 Å². The molecular formula is C66H45N5. The average molecular weight is 908 g/mol. The fourth-order valence-corrected chi connectivity index (χ4v) is 9.82. The number of anilines is 6.